The van der Waals surface area contributed by atoms with Gasteiger partial charge in [0.2, 0.25) is 0 Å². The van der Waals surface area contributed by atoms with Gasteiger partial charge in [0.25, 0.3) is 5.91 Å². The number of pyridine rings is 1. The summed E-state index contributed by atoms with van der Waals surface area (Å²) >= 11 is 0. The highest BCUT2D eigenvalue weighted by atomic mass is 19.1. The number of benzene rings is 1. The number of rotatable bonds is 2. The number of carbonyl (C=O) groups excluding carboxylic acids is 1. The van der Waals surface area contributed by atoms with E-state index in [1.807, 2.05) is 13.0 Å². The number of hydrogen-bond donors (Lipinski definition) is 1. The zero-order valence-electron chi connectivity index (χ0n) is 10.2. The lowest BCUT2D eigenvalue weighted by Crippen LogP contribution is -2.14. The van der Waals surface area contributed by atoms with Crippen LogP contribution in [0, 0.1) is 19.7 Å². The molecule has 0 fully saturated rings. The molecule has 18 heavy (non-hydrogen) atoms. The molecule has 1 heterocycles. The summed E-state index contributed by atoms with van der Waals surface area (Å²) in [4.78, 5) is 16.1. The molecule has 0 bridgehead atoms. The Hall–Kier alpha value is -2.23. The number of hydrogen-bond acceptors (Lipinski definition) is 2. The molecule has 92 valence electrons. The van der Waals surface area contributed by atoms with Gasteiger partial charge in [0.1, 0.15) is 11.5 Å². The first-order valence-electron chi connectivity index (χ1n) is 5.57. The topological polar surface area (TPSA) is 42.0 Å². The van der Waals surface area contributed by atoms with Crippen molar-refractivity contribution in [2.24, 2.45) is 0 Å². The van der Waals surface area contributed by atoms with Gasteiger partial charge in [-0.15, -0.1) is 0 Å². The summed E-state index contributed by atoms with van der Waals surface area (Å²) < 4.78 is 12.9. The van der Waals surface area contributed by atoms with Crippen LogP contribution in [0.2, 0.25) is 0 Å². The fraction of sp³-hybridized carbons (Fsp3) is 0.143. The molecular weight excluding hydrogens is 231 g/mol. The lowest BCUT2D eigenvalue weighted by Gasteiger charge is -2.08. The third-order valence-electron chi connectivity index (χ3n) is 2.56. The van der Waals surface area contributed by atoms with Crippen molar-refractivity contribution >= 4 is 11.6 Å². The number of carbonyl (C=O) groups is 1. The van der Waals surface area contributed by atoms with E-state index < -0.39 is 0 Å². The van der Waals surface area contributed by atoms with Crippen molar-refractivity contribution in [3.63, 3.8) is 0 Å². The number of aryl methyl sites for hydroxylation is 2. The van der Waals surface area contributed by atoms with Crippen LogP contribution in [-0.2, 0) is 0 Å². The SMILES string of the molecule is Cc1cccc(C(=O)Nc2ccc(F)cc2C)n1. The van der Waals surface area contributed by atoms with Crippen molar-refractivity contribution in [3.05, 3.63) is 59.2 Å². The third kappa shape index (κ3) is 2.71. The molecule has 0 saturated carbocycles. The third-order valence-corrected chi connectivity index (χ3v) is 2.56. The van der Waals surface area contributed by atoms with Crippen LogP contribution in [0.4, 0.5) is 10.1 Å². The molecule has 3 nitrogen and oxygen atoms in total. The quantitative estimate of drug-likeness (QED) is 0.882. The summed E-state index contributed by atoms with van der Waals surface area (Å²) in [5.41, 5.74) is 2.39. The van der Waals surface area contributed by atoms with Crippen molar-refractivity contribution in [1.29, 1.82) is 0 Å². The highest BCUT2D eigenvalue weighted by molar-refractivity contribution is 6.03. The number of anilines is 1. The van der Waals surface area contributed by atoms with Crippen molar-refractivity contribution in [3.8, 4) is 0 Å². The van der Waals surface area contributed by atoms with E-state index in [0.29, 0.717) is 16.9 Å². The number of nitrogens with zero attached hydrogens (tertiary/aromatic N) is 1. The second kappa shape index (κ2) is 4.96. The summed E-state index contributed by atoms with van der Waals surface area (Å²) in [5.74, 6) is -0.618. The second-order valence-electron chi connectivity index (χ2n) is 4.08. The summed E-state index contributed by atoms with van der Waals surface area (Å²) in [7, 11) is 0. The van der Waals surface area contributed by atoms with Gasteiger partial charge < -0.3 is 5.32 Å². The Morgan fingerprint density at radius 2 is 2.00 bits per heavy atom. The predicted octanol–water partition coefficient (Wildman–Crippen LogP) is 3.09. The molecule has 4 heteroatoms. The first-order valence-corrected chi connectivity index (χ1v) is 5.57. The molecule has 0 aliphatic rings. The van der Waals surface area contributed by atoms with Crippen molar-refractivity contribution < 1.29 is 9.18 Å². The minimum Gasteiger partial charge on any atom is -0.320 e. The number of nitrogens with one attached hydrogen (secondary N) is 1. The molecule has 1 amide bonds. The van der Waals surface area contributed by atoms with E-state index in [2.05, 4.69) is 10.3 Å². The van der Waals surface area contributed by atoms with Crippen molar-refractivity contribution in [2.75, 3.05) is 5.32 Å². The first-order chi connectivity index (χ1) is 8.56. The van der Waals surface area contributed by atoms with Gasteiger partial charge in [-0.2, -0.15) is 0 Å². The van der Waals surface area contributed by atoms with E-state index in [0.717, 1.165) is 5.69 Å². The molecule has 0 saturated heterocycles. The monoisotopic (exact) mass is 244 g/mol. The van der Waals surface area contributed by atoms with Gasteiger partial charge in [0.05, 0.1) is 0 Å². The number of halogens is 1. The predicted molar refractivity (Wildman–Crippen MR) is 68.1 cm³/mol. The van der Waals surface area contributed by atoms with Crippen LogP contribution in [-0.4, -0.2) is 10.9 Å². The van der Waals surface area contributed by atoms with E-state index in [4.69, 9.17) is 0 Å². The summed E-state index contributed by atoms with van der Waals surface area (Å²) in [6.07, 6.45) is 0. The smallest absolute Gasteiger partial charge is 0.274 e. The molecule has 2 aromatic rings. The van der Waals surface area contributed by atoms with Gasteiger partial charge in [-0.1, -0.05) is 6.07 Å². The van der Waals surface area contributed by atoms with E-state index in [1.54, 1.807) is 25.1 Å². The van der Waals surface area contributed by atoms with Crippen LogP contribution in [0.5, 0.6) is 0 Å². The molecule has 0 aliphatic carbocycles. The second-order valence-corrected chi connectivity index (χ2v) is 4.08. The molecule has 1 aromatic heterocycles. The highest BCUT2D eigenvalue weighted by Crippen LogP contribution is 2.16. The summed E-state index contributed by atoms with van der Waals surface area (Å²) in [5, 5.41) is 2.71. The van der Waals surface area contributed by atoms with Gasteiger partial charge in [-0.25, -0.2) is 9.37 Å². The zero-order chi connectivity index (χ0) is 13.1. The zero-order valence-corrected chi connectivity index (χ0v) is 10.2. The Bertz CT molecular complexity index is 596. The average molecular weight is 244 g/mol. The standard InChI is InChI=1S/C14H13FN2O/c1-9-8-11(15)6-7-12(9)17-14(18)13-5-3-4-10(2)16-13/h3-8H,1-2H3,(H,17,18). The Kier molecular flexibility index (Phi) is 3.37. The van der Waals surface area contributed by atoms with Gasteiger partial charge in [-0.05, 0) is 49.7 Å². The van der Waals surface area contributed by atoms with Crippen LogP contribution < -0.4 is 5.32 Å². The largest absolute Gasteiger partial charge is 0.320 e. The molecule has 0 spiro atoms. The molecule has 1 N–H and O–H groups in total. The van der Waals surface area contributed by atoms with Crippen molar-refractivity contribution in [2.45, 2.75) is 13.8 Å². The van der Waals surface area contributed by atoms with E-state index in [-0.39, 0.29) is 11.7 Å². The maximum Gasteiger partial charge on any atom is 0.274 e. The highest BCUT2D eigenvalue weighted by Gasteiger charge is 2.09. The lowest BCUT2D eigenvalue weighted by molar-refractivity contribution is 0.102. The average Bonchev–Trinajstić information content (AvgIpc) is 2.32. The molecule has 1 aromatic carbocycles. The normalized spacial score (nSPS) is 10.2. The minimum absolute atomic E-state index is 0.298. The Balaban J connectivity index is 2.21. The number of aromatic nitrogens is 1. The van der Waals surface area contributed by atoms with Crippen LogP contribution >= 0.6 is 0 Å². The molecular formula is C14H13FN2O. The van der Waals surface area contributed by atoms with Gasteiger partial charge in [0.15, 0.2) is 0 Å². The molecule has 0 atom stereocenters. The van der Waals surface area contributed by atoms with Crippen LogP contribution in [0.1, 0.15) is 21.7 Å². The lowest BCUT2D eigenvalue weighted by atomic mass is 10.2. The molecule has 2 rings (SSSR count). The fourth-order valence-electron chi connectivity index (χ4n) is 1.62. The van der Waals surface area contributed by atoms with E-state index in [1.165, 1.54) is 12.1 Å². The van der Waals surface area contributed by atoms with Gasteiger partial charge >= 0.3 is 0 Å². The van der Waals surface area contributed by atoms with Crippen molar-refractivity contribution in [1.82, 2.24) is 4.98 Å². The van der Waals surface area contributed by atoms with Crippen LogP contribution in [0.25, 0.3) is 0 Å². The Morgan fingerprint density at radius 1 is 1.22 bits per heavy atom. The summed E-state index contributed by atoms with van der Waals surface area (Å²) in [6.45, 7) is 3.56. The molecule has 0 aliphatic heterocycles. The van der Waals surface area contributed by atoms with Crippen LogP contribution in [0.3, 0.4) is 0 Å². The maximum absolute atomic E-state index is 12.9. The Morgan fingerprint density at radius 3 is 2.67 bits per heavy atom. The number of amides is 1. The Labute approximate surface area is 105 Å². The van der Waals surface area contributed by atoms with Crippen LogP contribution in [0.15, 0.2) is 36.4 Å². The first kappa shape index (κ1) is 12.2. The molecule has 0 unspecified atom stereocenters. The summed E-state index contributed by atoms with van der Waals surface area (Å²) in [6, 6.07) is 9.46. The fourth-order valence-corrected chi connectivity index (χ4v) is 1.62. The van der Waals surface area contributed by atoms with E-state index >= 15 is 0 Å². The van der Waals surface area contributed by atoms with E-state index in [9.17, 15) is 9.18 Å². The van der Waals surface area contributed by atoms with Gasteiger partial charge in [-0.3, -0.25) is 4.79 Å². The van der Waals surface area contributed by atoms with Gasteiger partial charge in [0, 0.05) is 11.4 Å². The maximum atomic E-state index is 12.9. The minimum atomic E-state index is -0.320. The molecule has 0 radical (unpaired) electrons.